The highest BCUT2D eigenvalue weighted by Gasteiger charge is 2.09. The average Bonchev–Trinajstić information content (AvgIpc) is 3.15. The molecule has 2 N–H and O–H groups in total. The SMILES string of the molecule is CCNC(=NCc1ccccc1-n1nc(C)cc1C)NCCc1ccc(OC)c(OC)c1. The van der Waals surface area contributed by atoms with Gasteiger partial charge in [-0.3, -0.25) is 0 Å². The lowest BCUT2D eigenvalue weighted by Crippen LogP contribution is -2.38. The van der Waals surface area contributed by atoms with Crippen molar-refractivity contribution in [2.75, 3.05) is 27.3 Å². The van der Waals surface area contributed by atoms with Gasteiger partial charge in [0, 0.05) is 18.8 Å². The maximum atomic E-state index is 5.40. The first kappa shape index (κ1) is 23.2. The second kappa shape index (κ2) is 11.2. The van der Waals surface area contributed by atoms with Gasteiger partial charge < -0.3 is 20.1 Å². The third-order valence-electron chi connectivity index (χ3n) is 5.14. The summed E-state index contributed by atoms with van der Waals surface area (Å²) in [5.41, 5.74) is 5.46. The van der Waals surface area contributed by atoms with Gasteiger partial charge in [0.2, 0.25) is 0 Å². The fourth-order valence-electron chi connectivity index (χ4n) is 3.59. The lowest BCUT2D eigenvalue weighted by molar-refractivity contribution is 0.354. The van der Waals surface area contributed by atoms with Crippen molar-refractivity contribution in [1.29, 1.82) is 0 Å². The molecule has 0 aliphatic heterocycles. The van der Waals surface area contributed by atoms with E-state index in [1.807, 2.05) is 35.9 Å². The van der Waals surface area contributed by atoms with Crippen LogP contribution in [0.2, 0.25) is 0 Å². The van der Waals surface area contributed by atoms with Crippen LogP contribution >= 0.6 is 0 Å². The van der Waals surface area contributed by atoms with Crippen LogP contribution < -0.4 is 20.1 Å². The van der Waals surface area contributed by atoms with Crippen molar-refractivity contribution in [3.63, 3.8) is 0 Å². The van der Waals surface area contributed by atoms with E-state index in [1.54, 1.807) is 14.2 Å². The standard InChI is InChI=1S/C25H33N5O2/c1-6-26-25(27-14-13-20-11-12-23(31-4)24(16-20)32-5)28-17-21-9-7-8-10-22(21)30-19(3)15-18(2)29-30/h7-12,15-16H,6,13-14,17H2,1-5H3,(H2,26,27,28). The third kappa shape index (κ3) is 5.81. The first-order valence-corrected chi connectivity index (χ1v) is 10.9. The molecule has 0 saturated carbocycles. The van der Waals surface area contributed by atoms with Crippen molar-refractivity contribution in [2.45, 2.75) is 33.7 Å². The molecule has 32 heavy (non-hydrogen) atoms. The van der Waals surface area contributed by atoms with Crippen LogP contribution in [0.1, 0.15) is 29.4 Å². The molecule has 1 aromatic heterocycles. The fourth-order valence-corrected chi connectivity index (χ4v) is 3.59. The highest BCUT2D eigenvalue weighted by atomic mass is 16.5. The Kier molecular flexibility index (Phi) is 8.14. The van der Waals surface area contributed by atoms with Gasteiger partial charge in [-0.25, -0.2) is 9.67 Å². The van der Waals surface area contributed by atoms with E-state index in [0.29, 0.717) is 6.54 Å². The van der Waals surface area contributed by atoms with Gasteiger partial charge >= 0.3 is 0 Å². The summed E-state index contributed by atoms with van der Waals surface area (Å²) in [7, 11) is 3.30. The van der Waals surface area contributed by atoms with Crippen LogP contribution in [-0.4, -0.2) is 43.0 Å². The number of nitrogens with zero attached hydrogens (tertiary/aromatic N) is 3. The van der Waals surface area contributed by atoms with Crippen LogP contribution in [-0.2, 0) is 13.0 Å². The number of nitrogens with one attached hydrogen (secondary N) is 2. The first-order valence-electron chi connectivity index (χ1n) is 10.9. The quantitative estimate of drug-likeness (QED) is 0.395. The van der Waals surface area contributed by atoms with Gasteiger partial charge in [0.1, 0.15) is 0 Å². The zero-order valence-electron chi connectivity index (χ0n) is 19.6. The lowest BCUT2D eigenvalue weighted by Gasteiger charge is -2.14. The van der Waals surface area contributed by atoms with Gasteiger partial charge in [0.15, 0.2) is 17.5 Å². The topological polar surface area (TPSA) is 72.7 Å². The molecule has 0 unspecified atom stereocenters. The monoisotopic (exact) mass is 435 g/mol. The van der Waals surface area contributed by atoms with E-state index < -0.39 is 0 Å². The highest BCUT2D eigenvalue weighted by Crippen LogP contribution is 2.27. The zero-order valence-corrected chi connectivity index (χ0v) is 19.6. The number of guanidine groups is 1. The predicted octanol–water partition coefficient (Wildman–Crippen LogP) is 3.80. The number of benzene rings is 2. The molecule has 3 rings (SSSR count). The Morgan fingerprint density at radius 1 is 1.00 bits per heavy atom. The third-order valence-corrected chi connectivity index (χ3v) is 5.14. The Morgan fingerprint density at radius 3 is 2.47 bits per heavy atom. The molecule has 0 aliphatic carbocycles. The largest absolute Gasteiger partial charge is 0.493 e. The van der Waals surface area contributed by atoms with Gasteiger partial charge in [-0.2, -0.15) is 5.10 Å². The molecule has 0 aliphatic rings. The number of aryl methyl sites for hydroxylation is 2. The summed E-state index contributed by atoms with van der Waals surface area (Å²) in [5, 5.41) is 11.4. The van der Waals surface area contributed by atoms with E-state index in [0.717, 1.165) is 59.6 Å². The Balaban J connectivity index is 1.68. The minimum absolute atomic E-state index is 0.556. The van der Waals surface area contributed by atoms with Gasteiger partial charge in [-0.1, -0.05) is 24.3 Å². The number of rotatable bonds is 9. The second-order valence-corrected chi connectivity index (χ2v) is 7.53. The molecule has 7 nitrogen and oxygen atoms in total. The summed E-state index contributed by atoms with van der Waals surface area (Å²) in [6.45, 7) is 8.24. The molecule has 170 valence electrons. The number of hydrogen-bond donors (Lipinski definition) is 2. The van der Waals surface area contributed by atoms with Crippen LogP contribution in [0.5, 0.6) is 11.5 Å². The molecule has 0 amide bonds. The van der Waals surface area contributed by atoms with E-state index in [9.17, 15) is 0 Å². The van der Waals surface area contributed by atoms with Crippen LogP contribution in [0.15, 0.2) is 53.5 Å². The Morgan fingerprint density at radius 2 is 1.78 bits per heavy atom. The summed E-state index contributed by atoms with van der Waals surface area (Å²) < 4.78 is 12.7. The van der Waals surface area contributed by atoms with E-state index in [4.69, 9.17) is 14.5 Å². The number of hydrogen-bond acceptors (Lipinski definition) is 4. The van der Waals surface area contributed by atoms with E-state index in [1.165, 1.54) is 5.56 Å². The molecular formula is C25H33N5O2. The molecule has 0 radical (unpaired) electrons. The Labute approximate surface area is 190 Å². The summed E-state index contributed by atoms with van der Waals surface area (Å²) in [5.74, 6) is 2.27. The normalized spacial score (nSPS) is 11.3. The van der Waals surface area contributed by atoms with Gasteiger partial charge in [-0.15, -0.1) is 0 Å². The lowest BCUT2D eigenvalue weighted by atomic mass is 10.1. The summed E-state index contributed by atoms with van der Waals surface area (Å²) in [6, 6.07) is 16.3. The van der Waals surface area contributed by atoms with Gasteiger partial charge in [0.25, 0.3) is 0 Å². The summed E-state index contributed by atoms with van der Waals surface area (Å²) in [4.78, 5) is 4.81. The molecule has 1 heterocycles. The molecule has 7 heteroatoms. The van der Waals surface area contributed by atoms with Crippen LogP contribution in [0, 0.1) is 13.8 Å². The fraction of sp³-hybridized carbons (Fsp3) is 0.360. The highest BCUT2D eigenvalue weighted by molar-refractivity contribution is 5.79. The minimum atomic E-state index is 0.556. The molecule has 0 atom stereocenters. The molecule has 3 aromatic rings. The average molecular weight is 436 g/mol. The Bertz CT molecular complexity index is 1060. The predicted molar refractivity (Wildman–Crippen MR) is 129 cm³/mol. The number of methoxy groups -OCH3 is 2. The summed E-state index contributed by atoms with van der Waals surface area (Å²) in [6.07, 6.45) is 0.840. The van der Waals surface area contributed by atoms with Crippen molar-refractivity contribution in [1.82, 2.24) is 20.4 Å². The van der Waals surface area contributed by atoms with Crippen LogP contribution in [0.4, 0.5) is 0 Å². The molecule has 2 aromatic carbocycles. The van der Waals surface area contributed by atoms with Crippen LogP contribution in [0.25, 0.3) is 5.69 Å². The van der Waals surface area contributed by atoms with Crippen molar-refractivity contribution in [3.8, 4) is 17.2 Å². The zero-order chi connectivity index (χ0) is 22.9. The first-order chi connectivity index (χ1) is 15.5. The van der Waals surface area contributed by atoms with Crippen molar-refractivity contribution in [2.24, 2.45) is 4.99 Å². The smallest absolute Gasteiger partial charge is 0.191 e. The molecule has 0 spiro atoms. The number of aromatic nitrogens is 2. The molecule has 0 saturated heterocycles. The summed E-state index contributed by atoms with van der Waals surface area (Å²) >= 11 is 0. The Hall–Kier alpha value is -3.48. The van der Waals surface area contributed by atoms with Crippen molar-refractivity contribution >= 4 is 5.96 Å². The van der Waals surface area contributed by atoms with E-state index in [-0.39, 0.29) is 0 Å². The number of aliphatic imine (C=N–C) groups is 1. The molecule has 0 fully saturated rings. The minimum Gasteiger partial charge on any atom is -0.493 e. The maximum absolute atomic E-state index is 5.40. The van der Waals surface area contributed by atoms with E-state index >= 15 is 0 Å². The number of ether oxygens (including phenoxy) is 2. The van der Waals surface area contributed by atoms with E-state index in [2.05, 4.69) is 53.8 Å². The van der Waals surface area contributed by atoms with Crippen molar-refractivity contribution in [3.05, 3.63) is 71.0 Å². The number of para-hydroxylation sites is 1. The second-order valence-electron chi connectivity index (χ2n) is 7.53. The van der Waals surface area contributed by atoms with Gasteiger partial charge in [0.05, 0.1) is 32.1 Å². The van der Waals surface area contributed by atoms with Gasteiger partial charge in [-0.05, 0) is 62.6 Å². The maximum Gasteiger partial charge on any atom is 0.191 e. The van der Waals surface area contributed by atoms with Crippen LogP contribution in [0.3, 0.4) is 0 Å². The molecular weight excluding hydrogens is 402 g/mol. The van der Waals surface area contributed by atoms with Crippen molar-refractivity contribution < 1.29 is 9.47 Å². The molecule has 0 bridgehead atoms.